The fraction of sp³-hybridized carbons (Fsp3) is 0.633. The Labute approximate surface area is 258 Å². The summed E-state index contributed by atoms with van der Waals surface area (Å²) in [4.78, 5) is 62.7. The molecule has 0 aliphatic carbocycles. The molecular formula is C30H47IN4O6. The van der Waals surface area contributed by atoms with Gasteiger partial charge in [-0.25, -0.2) is 4.79 Å². The first-order valence-corrected chi connectivity index (χ1v) is 15.5. The van der Waals surface area contributed by atoms with Gasteiger partial charge in [-0.3, -0.25) is 22.7 Å². The molecule has 0 bridgehead atoms. The fourth-order valence-corrected chi connectivity index (χ4v) is 4.57. The zero-order valence-corrected chi connectivity index (χ0v) is 27.1. The maximum Gasteiger partial charge on any atom is 0.416 e. The summed E-state index contributed by atoms with van der Waals surface area (Å²) in [5.74, 6) is -2.33. The van der Waals surface area contributed by atoms with Gasteiger partial charge in [-0.1, -0.05) is 57.0 Å². The van der Waals surface area contributed by atoms with E-state index in [0.29, 0.717) is 38.0 Å². The maximum atomic E-state index is 13.0. The Kier molecular flexibility index (Phi) is 17.9. The Balaban J connectivity index is 2.82. The molecule has 4 amide bonds. The lowest BCUT2D eigenvalue weighted by Gasteiger charge is -2.23. The lowest BCUT2D eigenvalue weighted by molar-refractivity contribution is -0.141. The lowest BCUT2D eigenvalue weighted by Crippen LogP contribution is -2.50. The fourth-order valence-electron chi connectivity index (χ4n) is 4.45. The second kappa shape index (κ2) is 20.2. The highest BCUT2D eigenvalue weighted by Crippen LogP contribution is 2.20. The Morgan fingerprint density at radius 3 is 2.12 bits per heavy atom. The van der Waals surface area contributed by atoms with Crippen molar-refractivity contribution in [2.45, 2.75) is 104 Å². The molecule has 0 aliphatic rings. The molecule has 0 radical (unpaired) electrons. The van der Waals surface area contributed by atoms with Gasteiger partial charge in [0.2, 0.25) is 17.6 Å². The first kappa shape index (κ1) is 36.3. The molecule has 1 aromatic rings. The van der Waals surface area contributed by atoms with Crippen molar-refractivity contribution in [1.29, 1.82) is 0 Å². The van der Waals surface area contributed by atoms with Gasteiger partial charge in [-0.2, -0.15) is 0 Å². The van der Waals surface area contributed by atoms with Gasteiger partial charge >= 0.3 is 6.09 Å². The predicted molar refractivity (Wildman–Crippen MR) is 167 cm³/mol. The molecule has 0 saturated heterocycles. The monoisotopic (exact) mass is 686 g/mol. The summed E-state index contributed by atoms with van der Waals surface area (Å²) in [6, 6.07) is 8.48. The van der Waals surface area contributed by atoms with E-state index in [1.54, 1.807) is 36.7 Å². The van der Waals surface area contributed by atoms with Crippen molar-refractivity contribution in [2.24, 2.45) is 11.8 Å². The van der Waals surface area contributed by atoms with Crippen LogP contribution >= 0.6 is 22.9 Å². The summed E-state index contributed by atoms with van der Waals surface area (Å²) in [5, 5.41) is 7.95. The average molecular weight is 687 g/mol. The van der Waals surface area contributed by atoms with Gasteiger partial charge in [0.1, 0.15) is 6.10 Å². The molecule has 1 rings (SSSR count). The third-order valence-corrected chi connectivity index (χ3v) is 7.06. The normalized spacial score (nSPS) is 13.2. The van der Waals surface area contributed by atoms with Gasteiger partial charge < -0.3 is 20.7 Å². The summed E-state index contributed by atoms with van der Waals surface area (Å²) in [6.45, 7) is 7.50. The number of ketones is 1. The second-order valence-corrected chi connectivity index (χ2v) is 11.6. The molecular weight excluding hydrogens is 639 g/mol. The molecule has 230 valence electrons. The second-order valence-electron chi connectivity index (χ2n) is 11.0. The molecule has 4 N–H and O–H groups in total. The largest absolute Gasteiger partial charge is 0.445 e. The first-order chi connectivity index (χ1) is 19.5. The van der Waals surface area contributed by atoms with Crippen LogP contribution in [-0.4, -0.2) is 54.8 Å². The van der Waals surface area contributed by atoms with E-state index < -0.39 is 29.7 Å². The molecule has 41 heavy (non-hydrogen) atoms. The maximum absolute atomic E-state index is 13.0. The van der Waals surface area contributed by atoms with Crippen LogP contribution in [0.2, 0.25) is 0 Å². The molecule has 10 nitrogen and oxygen atoms in total. The summed E-state index contributed by atoms with van der Waals surface area (Å²) < 4.78 is 8.02. The Morgan fingerprint density at radius 2 is 1.54 bits per heavy atom. The van der Waals surface area contributed by atoms with Crippen molar-refractivity contribution < 1.29 is 28.7 Å². The summed E-state index contributed by atoms with van der Waals surface area (Å²) >= 11 is 1.75. The van der Waals surface area contributed by atoms with Gasteiger partial charge in [0, 0.05) is 31.8 Å². The zero-order valence-electron chi connectivity index (χ0n) is 25.0. The van der Waals surface area contributed by atoms with E-state index in [0.717, 1.165) is 18.4 Å². The standard InChI is InChI=1S/C30H47IN4O6/c1-20(2)16-17-26(36)34-25(27(37)29(39)33-21(3)4)19-23(28(38)32-5)14-10-7-11-15-24(41-30(40)35-31)18-22-12-8-6-9-13-22/h6,8-9,12-13,20-21,23-25H,7,10-11,14-19H2,1-5H3,(H,32,38)(H,33,39)(H,34,36)(H,35,40)/t23?,24?,25-/m0/s1. The molecule has 3 atom stereocenters. The van der Waals surface area contributed by atoms with Gasteiger partial charge in [0.25, 0.3) is 5.91 Å². The van der Waals surface area contributed by atoms with Crippen molar-refractivity contribution in [3.05, 3.63) is 35.9 Å². The molecule has 0 fully saturated rings. The Morgan fingerprint density at radius 1 is 0.878 bits per heavy atom. The molecule has 1 aromatic carbocycles. The number of halogens is 1. The number of ether oxygens (including phenoxy) is 1. The summed E-state index contributed by atoms with van der Waals surface area (Å²) in [5.41, 5.74) is 1.08. The molecule has 0 aromatic heterocycles. The van der Waals surface area contributed by atoms with Gasteiger partial charge in [0.15, 0.2) is 0 Å². The Bertz CT molecular complexity index is 973. The lowest BCUT2D eigenvalue weighted by atomic mass is 9.90. The van der Waals surface area contributed by atoms with E-state index in [4.69, 9.17) is 4.74 Å². The number of amides is 4. The highest BCUT2D eigenvalue weighted by Gasteiger charge is 2.32. The van der Waals surface area contributed by atoms with E-state index in [1.165, 1.54) is 7.05 Å². The van der Waals surface area contributed by atoms with Crippen LogP contribution < -0.4 is 19.5 Å². The summed E-state index contributed by atoms with van der Waals surface area (Å²) in [6.07, 6.45) is 4.13. The van der Waals surface area contributed by atoms with E-state index >= 15 is 0 Å². The van der Waals surface area contributed by atoms with E-state index in [1.807, 2.05) is 44.2 Å². The molecule has 0 saturated carbocycles. The van der Waals surface area contributed by atoms with E-state index in [2.05, 4.69) is 19.5 Å². The molecule has 0 spiro atoms. The number of rotatable bonds is 19. The van der Waals surface area contributed by atoms with Crippen molar-refractivity contribution in [3.8, 4) is 0 Å². The van der Waals surface area contributed by atoms with Gasteiger partial charge in [-0.15, -0.1) is 0 Å². The van der Waals surface area contributed by atoms with E-state index in [9.17, 15) is 24.0 Å². The van der Waals surface area contributed by atoms with Gasteiger partial charge in [-0.05, 0) is 57.4 Å². The van der Waals surface area contributed by atoms with E-state index in [-0.39, 0.29) is 36.8 Å². The van der Waals surface area contributed by atoms with Crippen LogP contribution in [0.3, 0.4) is 0 Å². The Hall–Kier alpha value is -2.70. The highest BCUT2D eigenvalue weighted by molar-refractivity contribution is 14.1. The van der Waals surface area contributed by atoms with Crippen LogP contribution in [-0.2, 0) is 30.3 Å². The minimum Gasteiger partial charge on any atom is -0.445 e. The number of unbranched alkanes of at least 4 members (excludes halogenated alkanes) is 2. The number of hydrogen-bond donors (Lipinski definition) is 4. The van der Waals surface area contributed by atoms with Crippen molar-refractivity contribution in [2.75, 3.05) is 7.05 Å². The van der Waals surface area contributed by atoms with Crippen LogP contribution in [0.1, 0.15) is 84.6 Å². The van der Waals surface area contributed by atoms with Crippen LogP contribution in [0, 0.1) is 11.8 Å². The third kappa shape index (κ3) is 15.8. The molecule has 2 unspecified atom stereocenters. The molecule has 11 heteroatoms. The minimum atomic E-state index is -1.09. The summed E-state index contributed by atoms with van der Waals surface area (Å²) in [7, 11) is 1.53. The average Bonchev–Trinajstić information content (AvgIpc) is 2.93. The predicted octanol–water partition coefficient (Wildman–Crippen LogP) is 4.39. The number of nitrogens with one attached hydrogen (secondary N) is 4. The van der Waals surface area contributed by atoms with Crippen LogP contribution in [0.5, 0.6) is 0 Å². The van der Waals surface area contributed by atoms with Crippen LogP contribution in [0.4, 0.5) is 4.79 Å². The van der Waals surface area contributed by atoms with Crippen molar-refractivity contribution in [3.63, 3.8) is 0 Å². The van der Waals surface area contributed by atoms with Crippen LogP contribution in [0.25, 0.3) is 0 Å². The van der Waals surface area contributed by atoms with Gasteiger partial charge in [0.05, 0.1) is 28.9 Å². The number of carbonyl (C=O) groups is 5. The number of hydrogen-bond acceptors (Lipinski definition) is 6. The molecule has 0 aliphatic heterocycles. The van der Waals surface area contributed by atoms with Crippen molar-refractivity contribution in [1.82, 2.24) is 19.5 Å². The molecule has 0 heterocycles. The highest BCUT2D eigenvalue weighted by atomic mass is 127. The topological polar surface area (TPSA) is 143 Å². The SMILES string of the molecule is CNC(=O)C(CCCCCC(Cc1ccccc1)OC(=O)NI)C[C@H](NC(=O)CCC(C)C)C(=O)C(=O)NC(C)C. The van der Waals surface area contributed by atoms with Crippen LogP contribution in [0.15, 0.2) is 30.3 Å². The number of carbonyl (C=O) groups excluding carboxylic acids is 5. The smallest absolute Gasteiger partial charge is 0.416 e. The minimum absolute atomic E-state index is 0.0347. The number of Topliss-reactive ketones (excluding diaryl/α,β-unsaturated/α-hetero) is 1. The first-order valence-electron chi connectivity index (χ1n) is 14.4. The third-order valence-electron chi connectivity index (χ3n) is 6.62. The van der Waals surface area contributed by atoms with Crippen molar-refractivity contribution >= 4 is 52.5 Å². The quantitative estimate of drug-likeness (QED) is 0.0737. The number of benzene rings is 1. The zero-order chi connectivity index (χ0) is 30.8.